The van der Waals surface area contributed by atoms with E-state index in [9.17, 15) is 19.5 Å². The van der Waals surface area contributed by atoms with E-state index in [1.807, 2.05) is 41.6 Å². The lowest BCUT2D eigenvalue weighted by Gasteiger charge is -2.49. The molecule has 5 rings (SSSR count). The number of amides is 2. The van der Waals surface area contributed by atoms with Gasteiger partial charge in [0, 0.05) is 29.8 Å². The van der Waals surface area contributed by atoms with E-state index in [1.165, 1.54) is 23.8 Å². The van der Waals surface area contributed by atoms with Crippen molar-refractivity contribution in [2.75, 3.05) is 18.6 Å². The van der Waals surface area contributed by atoms with Crippen LogP contribution in [-0.2, 0) is 32.8 Å². The monoisotopic (exact) mass is 543 g/mol. The number of aromatic nitrogens is 4. The Hall–Kier alpha value is -3.98. The third kappa shape index (κ3) is 4.29. The van der Waals surface area contributed by atoms with Crippen LogP contribution in [0.1, 0.15) is 11.5 Å². The molecule has 5 heterocycles. The van der Waals surface area contributed by atoms with Crippen LogP contribution in [0.2, 0.25) is 0 Å². The molecule has 0 bridgehead atoms. The minimum Gasteiger partial charge on any atom is -0.477 e. The van der Waals surface area contributed by atoms with Crippen molar-refractivity contribution in [3.63, 3.8) is 0 Å². The fourth-order valence-corrected chi connectivity index (χ4v) is 6.20. The van der Waals surface area contributed by atoms with Crippen LogP contribution in [0.25, 0.3) is 11.0 Å². The van der Waals surface area contributed by atoms with E-state index < -0.39 is 29.2 Å². The van der Waals surface area contributed by atoms with Crippen molar-refractivity contribution in [1.29, 1.82) is 0 Å². The third-order valence-corrected chi connectivity index (χ3v) is 8.19. The van der Waals surface area contributed by atoms with Crippen molar-refractivity contribution in [2.24, 2.45) is 12.2 Å². The first-order valence-corrected chi connectivity index (χ1v) is 13.0. The van der Waals surface area contributed by atoms with Crippen LogP contribution in [0.5, 0.6) is 0 Å². The number of thioether (sulfide) groups is 1. The van der Waals surface area contributed by atoms with Gasteiger partial charge in [-0.1, -0.05) is 5.16 Å². The molecule has 0 aliphatic carbocycles. The van der Waals surface area contributed by atoms with E-state index in [0.29, 0.717) is 11.3 Å². The number of aliphatic carboxylic acids is 1. The number of nitrogen functional groups attached to an aromatic ring is 1. The van der Waals surface area contributed by atoms with E-state index in [0.717, 1.165) is 28.2 Å². The SMILES string of the molecule is CON=C(C(=O)NC1C(=O)N2C(C(=O)O)=C(C[n+]3ccc4nc(C)n(C)c4c3)CS[C@@H]12)c1csc(N)n1. The molecule has 2 atom stereocenters. The largest absolute Gasteiger partial charge is 0.477 e. The second kappa shape index (κ2) is 9.48. The molecule has 192 valence electrons. The average molecular weight is 544 g/mol. The van der Waals surface area contributed by atoms with Crippen molar-refractivity contribution < 1.29 is 28.9 Å². The molecule has 37 heavy (non-hydrogen) atoms. The smallest absolute Gasteiger partial charge is 0.352 e. The zero-order valence-corrected chi connectivity index (χ0v) is 21.7. The fourth-order valence-electron chi connectivity index (χ4n) is 4.32. The normalized spacial score (nSPS) is 19.6. The number of β-lactam (4-membered cyclic amide) rings is 1. The fraction of sp³-hybridized carbons (Fsp3) is 0.318. The Kier molecular flexibility index (Phi) is 6.33. The zero-order chi connectivity index (χ0) is 26.4. The molecule has 1 saturated heterocycles. The lowest BCUT2D eigenvalue weighted by atomic mass is 10.0. The number of nitrogens with zero attached hydrogens (tertiary/aromatic N) is 6. The van der Waals surface area contributed by atoms with Gasteiger partial charge in [-0.15, -0.1) is 23.1 Å². The molecule has 0 aromatic carbocycles. The van der Waals surface area contributed by atoms with Gasteiger partial charge in [-0.25, -0.2) is 14.8 Å². The number of thiazole rings is 1. The zero-order valence-electron chi connectivity index (χ0n) is 20.0. The second-order valence-corrected chi connectivity index (χ2v) is 10.4. The Bertz CT molecular complexity index is 1510. The van der Waals surface area contributed by atoms with E-state index in [-0.39, 0.29) is 28.8 Å². The summed E-state index contributed by atoms with van der Waals surface area (Å²) in [6.07, 6.45) is 3.74. The number of hydrogen-bond acceptors (Lipinski definition) is 10. The molecular weight excluding hydrogens is 520 g/mol. The number of carbonyl (C=O) groups is 3. The summed E-state index contributed by atoms with van der Waals surface area (Å²) in [6, 6.07) is 0.949. The summed E-state index contributed by atoms with van der Waals surface area (Å²) >= 11 is 2.52. The number of carboxylic acids is 1. The number of nitrogens with two attached hydrogens (primary N) is 1. The predicted octanol–water partition coefficient (Wildman–Crippen LogP) is -0.00278. The second-order valence-electron chi connectivity index (χ2n) is 8.42. The molecule has 0 saturated carbocycles. The van der Waals surface area contributed by atoms with Crippen molar-refractivity contribution in [3.05, 3.63) is 46.6 Å². The number of carbonyl (C=O) groups excluding carboxylic acids is 2. The Balaban J connectivity index is 1.37. The van der Waals surface area contributed by atoms with Gasteiger partial charge in [0.15, 0.2) is 29.8 Å². The molecule has 2 aliphatic rings. The Labute approximate surface area is 218 Å². The highest BCUT2D eigenvalue weighted by atomic mass is 32.2. The highest BCUT2D eigenvalue weighted by Gasteiger charge is 2.54. The highest BCUT2D eigenvalue weighted by molar-refractivity contribution is 8.00. The minimum atomic E-state index is -1.20. The van der Waals surface area contributed by atoms with Gasteiger partial charge in [-0.2, -0.15) is 4.57 Å². The van der Waals surface area contributed by atoms with Crippen LogP contribution in [0.4, 0.5) is 5.13 Å². The van der Waals surface area contributed by atoms with E-state index in [4.69, 9.17) is 10.6 Å². The minimum absolute atomic E-state index is 0.0638. The van der Waals surface area contributed by atoms with E-state index in [1.54, 1.807) is 5.38 Å². The first kappa shape index (κ1) is 24.7. The molecule has 2 amide bonds. The maximum Gasteiger partial charge on any atom is 0.352 e. The molecule has 15 heteroatoms. The summed E-state index contributed by atoms with van der Waals surface area (Å²) in [5, 5.41) is 17.6. The predicted molar refractivity (Wildman–Crippen MR) is 135 cm³/mol. The molecule has 2 aliphatic heterocycles. The lowest BCUT2D eigenvalue weighted by molar-refractivity contribution is -0.687. The number of aryl methyl sites for hydroxylation is 2. The summed E-state index contributed by atoms with van der Waals surface area (Å²) in [5.74, 6) is -1.15. The number of anilines is 1. The summed E-state index contributed by atoms with van der Waals surface area (Å²) < 4.78 is 3.83. The first-order valence-electron chi connectivity index (χ1n) is 11.0. The topological polar surface area (TPSA) is 169 Å². The van der Waals surface area contributed by atoms with Gasteiger partial charge in [-0.05, 0) is 6.92 Å². The number of imidazole rings is 1. The maximum atomic E-state index is 13.1. The summed E-state index contributed by atoms with van der Waals surface area (Å²) in [4.78, 5) is 52.7. The lowest BCUT2D eigenvalue weighted by Crippen LogP contribution is -2.71. The highest BCUT2D eigenvalue weighted by Crippen LogP contribution is 2.40. The molecule has 3 aromatic rings. The average Bonchev–Trinajstić information content (AvgIpc) is 3.42. The van der Waals surface area contributed by atoms with Crippen LogP contribution >= 0.6 is 23.1 Å². The van der Waals surface area contributed by atoms with Gasteiger partial charge < -0.3 is 25.6 Å². The first-order chi connectivity index (χ1) is 17.7. The van der Waals surface area contributed by atoms with Crippen LogP contribution < -0.4 is 15.6 Å². The van der Waals surface area contributed by atoms with Gasteiger partial charge in [0.1, 0.15) is 46.8 Å². The van der Waals surface area contributed by atoms with Crippen molar-refractivity contribution in [2.45, 2.75) is 24.9 Å². The number of pyridine rings is 1. The number of rotatable bonds is 7. The van der Waals surface area contributed by atoms with Crippen molar-refractivity contribution in [1.82, 2.24) is 24.8 Å². The molecular formula is C22H23N8O5S2+. The third-order valence-electron chi connectivity index (χ3n) is 6.18. The Morgan fingerprint density at radius 1 is 1.41 bits per heavy atom. The number of oxime groups is 1. The van der Waals surface area contributed by atoms with Crippen molar-refractivity contribution in [3.8, 4) is 0 Å². The van der Waals surface area contributed by atoms with Gasteiger partial charge in [0.2, 0.25) is 0 Å². The molecule has 0 radical (unpaired) electrons. The van der Waals surface area contributed by atoms with E-state index >= 15 is 0 Å². The molecule has 4 N–H and O–H groups in total. The maximum absolute atomic E-state index is 13.1. The van der Waals surface area contributed by atoms with Crippen LogP contribution in [0, 0.1) is 6.92 Å². The Morgan fingerprint density at radius 2 is 2.19 bits per heavy atom. The molecule has 1 unspecified atom stereocenters. The number of hydrogen-bond donors (Lipinski definition) is 3. The van der Waals surface area contributed by atoms with Crippen LogP contribution in [0.3, 0.4) is 0 Å². The quantitative estimate of drug-likeness (QED) is 0.161. The van der Waals surface area contributed by atoms with E-state index in [2.05, 4.69) is 20.4 Å². The van der Waals surface area contributed by atoms with Gasteiger partial charge in [0.05, 0.1) is 0 Å². The summed E-state index contributed by atoms with van der Waals surface area (Å²) in [7, 11) is 3.20. The molecule has 1 fully saturated rings. The van der Waals surface area contributed by atoms with Gasteiger partial charge in [-0.3, -0.25) is 14.5 Å². The number of carboxylic acid groups (broad SMARTS) is 1. The summed E-state index contributed by atoms with van der Waals surface area (Å²) in [6.45, 7) is 2.20. The van der Waals surface area contributed by atoms with Crippen LogP contribution in [0.15, 0.2) is 40.3 Å². The molecule has 0 spiro atoms. The molecule has 13 nitrogen and oxygen atoms in total. The molecule has 3 aromatic heterocycles. The van der Waals surface area contributed by atoms with Gasteiger partial charge in [0.25, 0.3) is 11.8 Å². The van der Waals surface area contributed by atoms with Gasteiger partial charge >= 0.3 is 5.97 Å². The number of nitrogens with one attached hydrogen (secondary N) is 1. The van der Waals surface area contributed by atoms with Crippen LogP contribution in [-0.4, -0.2) is 72.3 Å². The Morgan fingerprint density at radius 3 is 2.86 bits per heavy atom. The number of fused-ring (bicyclic) bond motifs is 2. The summed E-state index contributed by atoms with van der Waals surface area (Å²) in [5.41, 5.74) is 8.03. The van der Waals surface area contributed by atoms with Crippen molar-refractivity contribution >= 4 is 62.8 Å². The standard InChI is InChI=1S/C22H22N8O5S2/c1-10-24-12-4-5-29(7-14(12)28(10)2)6-11-8-36-20-16(19(32)30(20)17(11)21(33)34)26-18(31)15(27-35-3)13-9-37-22(23)25-13/h4-5,7,9,16,20H,6,8H2,1-3H3,(H3-,23,25,26,31,33,34)/p+1/t16?,20-/m0/s1.